The number of benzene rings is 1. The zero-order valence-corrected chi connectivity index (χ0v) is 12.5. The van der Waals surface area contributed by atoms with Crippen molar-refractivity contribution in [2.24, 2.45) is 0 Å². The van der Waals surface area contributed by atoms with Crippen LogP contribution in [0.5, 0.6) is 5.75 Å². The summed E-state index contributed by atoms with van der Waals surface area (Å²) in [6.07, 6.45) is 1.46. The van der Waals surface area contributed by atoms with Crippen LogP contribution in [0.25, 0.3) is 0 Å². The smallest absolute Gasteiger partial charge is 0.274 e. The Morgan fingerprint density at radius 2 is 2.17 bits per heavy atom. The number of likely N-dealkylation sites (tertiary alicyclic amines) is 1. The Kier molecular flexibility index (Phi) is 4.20. The van der Waals surface area contributed by atoms with Gasteiger partial charge in [0, 0.05) is 12.3 Å². The van der Waals surface area contributed by atoms with Gasteiger partial charge in [-0.3, -0.25) is 9.78 Å². The van der Waals surface area contributed by atoms with Crippen LogP contribution in [0.2, 0.25) is 0 Å². The lowest BCUT2D eigenvalue weighted by molar-refractivity contribution is 0.0727. The van der Waals surface area contributed by atoms with Crippen LogP contribution in [0.1, 0.15) is 16.2 Å². The van der Waals surface area contributed by atoms with Gasteiger partial charge in [0.1, 0.15) is 29.5 Å². The molecule has 0 radical (unpaired) electrons. The first-order chi connectivity index (χ1) is 11.0. The van der Waals surface area contributed by atoms with E-state index in [2.05, 4.69) is 9.97 Å². The molecule has 2 aromatic rings. The minimum Gasteiger partial charge on any atom is -0.486 e. The molecule has 0 unspecified atom stereocenters. The topological polar surface area (TPSA) is 75.6 Å². The Morgan fingerprint density at radius 1 is 1.35 bits per heavy atom. The van der Waals surface area contributed by atoms with Crippen LogP contribution in [0.4, 0.5) is 4.39 Å². The molecule has 23 heavy (non-hydrogen) atoms. The Hall–Kier alpha value is -2.54. The van der Waals surface area contributed by atoms with Crippen LogP contribution in [-0.4, -0.2) is 51.2 Å². The molecule has 0 bridgehead atoms. The summed E-state index contributed by atoms with van der Waals surface area (Å²) in [5.74, 6) is -0.418. The first-order valence-corrected chi connectivity index (χ1v) is 7.21. The monoisotopic (exact) mass is 317 g/mol. The molecule has 1 fully saturated rings. The van der Waals surface area contributed by atoms with Gasteiger partial charge in [-0.05, 0) is 19.1 Å². The number of amides is 1. The highest BCUT2D eigenvalue weighted by Crippen LogP contribution is 2.20. The average molecular weight is 317 g/mol. The van der Waals surface area contributed by atoms with Crippen molar-refractivity contribution in [2.45, 2.75) is 19.1 Å². The van der Waals surface area contributed by atoms with Crippen LogP contribution in [0.15, 0.2) is 36.7 Å². The minimum absolute atomic E-state index is 0.133. The third kappa shape index (κ3) is 3.45. The highest BCUT2D eigenvalue weighted by atomic mass is 19.1. The SMILES string of the molecule is Cc1cnc(C(=O)N2C[C@@H](O)[C@H](Oc3cccc(F)c3)C2)cn1. The van der Waals surface area contributed by atoms with Crippen molar-refractivity contribution in [3.63, 3.8) is 0 Å². The van der Waals surface area contributed by atoms with E-state index < -0.39 is 18.0 Å². The number of β-amino-alcohol motifs (C(OH)–C–C–N with tert-alkyl or cyclic N) is 1. The second-order valence-corrected chi connectivity index (χ2v) is 5.43. The molecular weight excluding hydrogens is 301 g/mol. The van der Waals surface area contributed by atoms with Gasteiger partial charge in [-0.2, -0.15) is 0 Å². The lowest BCUT2D eigenvalue weighted by Gasteiger charge is -2.17. The molecule has 1 aliphatic rings. The van der Waals surface area contributed by atoms with Crippen molar-refractivity contribution in [1.29, 1.82) is 0 Å². The van der Waals surface area contributed by atoms with Crippen molar-refractivity contribution in [3.05, 3.63) is 53.9 Å². The molecule has 1 aliphatic heterocycles. The van der Waals surface area contributed by atoms with E-state index in [-0.39, 0.29) is 24.7 Å². The van der Waals surface area contributed by atoms with E-state index in [1.807, 2.05) is 0 Å². The van der Waals surface area contributed by atoms with E-state index in [1.54, 1.807) is 13.0 Å². The number of halogens is 1. The fraction of sp³-hybridized carbons (Fsp3) is 0.312. The third-order valence-electron chi connectivity index (χ3n) is 3.61. The highest BCUT2D eigenvalue weighted by molar-refractivity contribution is 5.92. The fourth-order valence-electron chi connectivity index (χ4n) is 2.42. The molecule has 0 saturated carbocycles. The number of carbonyl (C=O) groups is 1. The normalized spacial score (nSPS) is 20.6. The number of hydrogen-bond acceptors (Lipinski definition) is 5. The number of hydrogen-bond donors (Lipinski definition) is 1. The Balaban J connectivity index is 1.68. The Morgan fingerprint density at radius 3 is 2.87 bits per heavy atom. The van der Waals surface area contributed by atoms with Gasteiger partial charge in [0.05, 0.1) is 25.0 Å². The molecule has 2 atom stereocenters. The van der Waals surface area contributed by atoms with Gasteiger partial charge in [-0.1, -0.05) is 6.07 Å². The van der Waals surface area contributed by atoms with Crippen molar-refractivity contribution in [2.75, 3.05) is 13.1 Å². The summed E-state index contributed by atoms with van der Waals surface area (Å²) < 4.78 is 18.8. The lowest BCUT2D eigenvalue weighted by Crippen LogP contribution is -2.31. The molecule has 1 amide bonds. The van der Waals surface area contributed by atoms with Gasteiger partial charge in [-0.15, -0.1) is 0 Å². The summed E-state index contributed by atoms with van der Waals surface area (Å²) >= 11 is 0. The second kappa shape index (κ2) is 6.29. The summed E-state index contributed by atoms with van der Waals surface area (Å²) in [4.78, 5) is 21.9. The highest BCUT2D eigenvalue weighted by Gasteiger charge is 2.36. The van der Waals surface area contributed by atoms with E-state index >= 15 is 0 Å². The maximum atomic E-state index is 13.2. The molecule has 0 spiro atoms. The van der Waals surface area contributed by atoms with Crippen molar-refractivity contribution in [3.8, 4) is 5.75 Å². The molecule has 3 rings (SSSR count). The molecule has 1 aromatic carbocycles. The summed E-state index contributed by atoms with van der Waals surface area (Å²) in [6, 6.07) is 5.68. The summed E-state index contributed by atoms with van der Waals surface area (Å²) in [7, 11) is 0. The lowest BCUT2D eigenvalue weighted by atomic mass is 10.2. The van der Waals surface area contributed by atoms with Gasteiger partial charge < -0.3 is 14.7 Å². The van der Waals surface area contributed by atoms with E-state index in [4.69, 9.17) is 4.74 Å². The summed E-state index contributed by atoms with van der Waals surface area (Å²) in [5, 5.41) is 10.1. The molecule has 6 nitrogen and oxygen atoms in total. The van der Waals surface area contributed by atoms with E-state index in [9.17, 15) is 14.3 Å². The predicted octanol–water partition coefficient (Wildman–Crippen LogP) is 1.19. The van der Waals surface area contributed by atoms with Crippen LogP contribution < -0.4 is 4.74 Å². The largest absolute Gasteiger partial charge is 0.486 e. The van der Waals surface area contributed by atoms with Crippen molar-refractivity contribution < 1.29 is 19.0 Å². The van der Waals surface area contributed by atoms with Crippen molar-refractivity contribution in [1.82, 2.24) is 14.9 Å². The first-order valence-electron chi connectivity index (χ1n) is 7.21. The first kappa shape index (κ1) is 15.4. The molecule has 1 N–H and O–H groups in total. The van der Waals surface area contributed by atoms with Crippen LogP contribution in [0.3, 0.4) is 0 Å². The standard InChI is InChI=1S/C16H16FN3O3/c1-10-6-19-13(7-18-10)16(22)20-8-14(21)15(9-20)23-12-4-2-3-11(17)5-12/h2-7,14-15,21H,8-9H2,1H3/t14-,15-/m1/s1. The van der Waals surface area contributed by atoms with Gasteiger partial charge in [0.2, 0.25) is 0 Å². The molecule has 120 valence electrons. The van der Waals surface area contributed by atoms with E-state index in [1.165, 1.54) is 35.5 Å². The molecule has 1 saturated heterocycles. The van der Waals surface area contributed by atoms with Crippen LogP contribution in [0, 0.1) is 12.7 Å². The minimum atomic E-state index is -0.847. The molecular formula is C16H16FN3O3. The Labute approximate surface area is 132 Å². The van der Waals surface area contributed by atoms with Crippen molar-refractivity contribution >= 4 is 5.91 Å². The number of aliphatic hydroxyl groups excluding tert-OH is 1. The molecule has 0 aliphatic carbocycles. The number of nitrogens with zero attached hydrogens (tertiary/aromatic N) is 3. The van der Waals surface area contributed by atoms with E-state index in [0.717, 1.165) is 5.69 Å². The molecule has 2 heterocycles. The predicted molar refractivity (Wildman–Crippen MR) is 79.5 cm³/mol. The zero-order valence-electron chi connectivity index (χ0n) is 12.5. The average Bonchev–Trinajstić information content (AvgIpc) is 2.88. The van der Waals surface area contributed by atoms with Gasteiger partial charge in [-0.25, -0.2) is 9.37 Å². The van der Waals surface area contributed by atoms with E-state index in [0.29, 0.717) is 5.75 Å². The fourth-order valence-corrected chi connectivity index (χ4v) is 2.42. The number of aromatic nitrogens is 2. The quantitative estimate of drug-likeness (QED) is 0.920. The molecule has 1 aromatic heterocycles. The van der Waals surface area contributed by atoms with Gasteiger partial charge in [0.25, 0.3) is 5.91 Å². The number of carbonyl (C=O) groups excluding carboxylic acids is 1. The van der Waals surface area contributed by atoms with Crippen LogP contribution in [-0.2, 0) is 0 Å². The maximum absolute atomic E-state index is 13.2. The third-order valence-corrected chi connectivity index (χ3v) is 3.61. The zero-order chi connectivity index (χ0) is 16.4. The molecule has 7 heteroatoms. The van der Waals surface area contributed by atoms with Gasteiger partial charge >= 0.3 is 0 Å². The number of aliphatic hydroxyl groups is 1. The second-order valence-electron chi connectivity index (χ2n) is 5.43. The maximum Gasteiger partial charge on any atom is 0.274 e. The van der Waals surface area contributed by atoms with Crippen LogP contribution >= 0.6 is 0 Å². The summed E-state index contributed by atoms with van der Waals surface area (Å²) in [5.41, 5.74) is 0.935. The Bertz CT molecular complexity index is 708. The number of aryl methyl sites for hydroxylation is 1. The number of rotatable bonds is 3. The summed E-state index contributed by atoms with van der Waals surface area (Å²) in [6.45, 7) is 2.12. The number of ether oxygens (including phenoxy) is 1. The van der Waals surface area contributed by atoms with Gasteiger partial charge in [0.15, 0.2) is 0 Å².